The van der Waals surface area contributed by atoms with Gasteiger partial charge >= 0.3 is 0 Å². The van der Waals surface area contributed by atoms with E-state index in [4.69, 9.17) is 0 Å². The third-order valence-corrected chi connectivity index (χ3v) is 4.21. The van der Waals surface area contributed by atoms with E-state index < -0.39 is 11.6 Å². The molecule has 0 aromatic heterocycles. The zero-order chi connectivity index (χ0) is 12.4. The summed E-state index contributed by atoms with van der Waals surface area (Å²) in [5.41, 5.74) is 0.575. The molecule has 1 heterocycles. The summed E-state index contributed by atoms with van der Waals surface area (Å²) in [6.07, 6.45) is 1.14. The van der Waals surface area contributed by atoms with Crippen LogP contribution in [0.15, 0.2) is 18.2 Å². The van der Waals surface area contributed by atoms with E-state index in [0.29, 0.717) is 24.1 Å². The third kappa shape index (κ3) is 2.86. The first-order valence-corrected chi connectivity index (χ1v) is 6.98. The van der Waals surface area contributed by atoms with Crippen molar-refractivity contribution in [3.63, 3.8) is 0 Å². The number of rotatable bonds is 3. The van der Waals surface area contributed by atoms with E-state index in [1.165, 1.54) is 6.07 Å². The van der Waals surface area contributed by atoms with Crippen LogP contribution >= 0.6 is 15.9 Å². The predicted octanol–water partition coefficient (Wildman–Crippen LogP) is 3.57. The van der Waals surface area contributed by atoms with Crippen LogP contribution in [0.2, 0.25) is 0 Å². The molecule has 1 aromatic carbocycles. The van der Waals surface area contributed by atoms with Gasteiger partial charge in [0.1, 0.15) is 11.6 Å². The van der Waals surface area contributed by atoms with Gasteiger partial charge < -0.3 is 0 Å². The second-order valence-corrected chi connectivity index (χ2v) is 5.34. The fourth-order valence-electron chi connectivity index (χ4n) is 2.40. The van der Waals surface area contributed by atoms with E-state index in [1.54, 1.807) is 6.07 Å². The Hall–Kier alpha value is -0.480. The minimum atomic E-state index is -0.516. The zero-order valence-corrected chi connectivity index (χ0v) is 11.4. The summed E-state index contributed by atoms with van der Waals surface area (Å²) in [5, 5.41) is 0.900. The summed E-state index contributed by atoms with van der Waals surface area (Å²) in [5.74, 6) is -0.339. The fourth-order valence-corrected chi connectivity index (χ4v) is 3.45. The maximum Gasteiger partial charge on any atom is 0.130 e. The number of likely N-dealkylation sites (tertiary alicyclic amines) is 1. The Kier molecular flexibility index (Phi) is 4.15. The van der Waals surface area contributed by atoms with E-state index in [9.17, 15) is 8.78 Å². The largest absolute Gasteiger partial charge is 0.295 e. The molecule has 2 rings (SSSR count). The Morgan fingerprint density at radius 3 is 2.82 bits per heavy atom. The van der Waals surface area contributed by atoms with Gasteiger partial charge in [-0.25, -0.2) is 8.78 Å². The highest BCUT2D eigenvalue weighted by Crippen LogP contribution is 2.27. The van der Waals surface area contributed by atoms with Crippen molar-refractivity contribution in [3.8, 4) is 0 Å². The molecule has 1 aromatic rings. The molecule has 17 heavy (non-hydrogen) atoms. The molecule has 2 unspecified atom stereocenters. The number of hydrogen-bond donors (Lipinski definition) is 0. The summed E-state index contributed by atoms with van der Waals surface area (Å²) in [4.78, 5) is 2.26. The van der Waals surface area contributed by atoms with Crippen LogP contribution in [0.1, 0.15) is 18.9 Å². The summed E-state index contributed by atoms with van der Waals surface area (Å²) >= 11 is 3.51. The lowest BCUT2D eigenvalue weighted by atomic mass is 10.0. The zero-order valence-electron chi connectivity index (χ0n) is 9.80. The molecule has 1 aliphatic rings. The fraction of sp³-hybridized carbons (Fsp3) is 0.538. The number of benzene rings is 1. The quantitative estimate of drug-likeness (QED) is 0.772. The van der Waals surface area contributed by atoms with Crippen molar-refractivity contribution in [1.29, 1.82) is 0 Å². The first-order valence-electron chi connectivity index (χ1n) is 5.85. The molecular formula is C13H16BrF2N. The standard InChI is InChI=1S/C13H16BrF2N/c1-9-4-5-17(13(9)7-14)8-10-2-3-11(15)6-12(10)16/h2-3,6,9,13H,4-5,7-8H2,1H3. The maximum absolute atomic E-state index is 13.6. The summed E-state index contributed by atoms with van der Waals surface area (Å²) in [6.45, 7) is 3.76. The molecule has 0 amide bonds. The highest BCUT2D eigenvalue weighted by atomic mass is 79.9. The number of hydrogen-bond acceptors (Lipinski definition) is 1. The van der Waals surface area contributed by atoms with Crippen molar-refractivity contribution in [1.82, 2.24) is 4.90 Å². The Bertz CT molecular complexity index is 397. The average molecular weight is 304 g/mol. The highest BCUT2D eigenvalue weighted by Gasteiger charge is 2.30. The number of alkyl halides is 1. The molecule has 0 radical (unpaired) electrons. The lowest BCUT2D eigenvalue weighted by molar-refractivity contribution is 0.241. The van der Waals surface area contributed by atoms with Crippen molar-refractivity contribution in [2.24, 2.45) is 5.92 Å². The lowest BCUT2D eigenvalue weighted by Gasteiger charge is -2.25. The molecule has 0 aliphatic carbocycles. The van der Waals surface area contributed by atoms with Gasteiger partial charge in [-0.05, 0) is 24.9 Å². The van der Waals surface area contributed by atoms with Crippen molar-refractivity contribution in [2.75, 3.05) is 11.9 Å². The van der Waals surface area contributed by atoms with Crippen LogP contribution in [0.4, 0.5) is 8.78 Å². The van der Waals surface area contributed by atoms with Crippen LogP contribution in [0.5, 0.6) is 0 Å². The topological polar surface area (TPSA) is 3.24 Å². The van der Waals surface area contributed by atoms with E-state index in [-0.39, 0.29) is 0 Å². The molecule has 94 valence electrons. The van der Waals surface area contributed by atoms with Crippen molar-refractivity contribution >= 4 is 15.9 Å². The van der Waals surface area contributed by atoms with Crippen LogP contribution < -0.4 is 0 Å². The molecule has 2 atom stereocenters. The molecule has 1 saturated heterocycles. The normalized spacial score (nSPS) is 25.4. The monoisotopic (exact) mass is 303 g/mol. The SMILES string of the molecule is CC1CCN(Cc2ccc(F)cc2F)C1CBr. The van der Waals surface area contributed by atoms with Gasteiger partial charge in [-0.1, -0.05) is 28.9 Å². The lowest BCUT2D eigenvalue weighted by Crippen LogP contribution is -2.33. The van der Waals surface area contributed by atoms with Gasteiger partial charge in [0, 0.05) is 29.5 Å². The molecule has 4 heteroatoms. The van der Waals surface area contributed by atoms with E-state index in [1.807, 2.05) is 0 Å². The number of halogens is 3. The van der Waals surface area contributed by atoms with E-state index in [0.717, 1.165) is 24.4 Å². The van der Waals surface area contributed by atoms with Crippen LogP contribution in [-0.2, 0) is 6.54 Å². The molecule has 0 N–H and O–H groups in total. The first-order chi connectivity index (χ1) is 8.11. The molecule has 0 bridgehead atoms. The molecule has 1 aliphatic heterocycles. The average Bonchev–Trinajstić information content (AvgIpc) is 2.63. The molecule has 1 fully saturated rings. The Morgan fingerprint density at radius 1 is 1.41 bits per heavy atom. The Labute approximate surface area is 109 Å². The van der Waals surface area contributed by atoms with Crippen molar-refractivity contribution in [2.45, 2.75) is 25.9 Å². The van der Waals surface area contributed by atoms with Crippen LogP contribution in [0.25, 0.3) is 0 Å². The van der Waals surface area contributed by atoms with Crippen molar-refractivity contribution < 1.29 is 8.78 Å². The Balaban J connectivity index is 2.10. The van der Waals surface area contributed by atoms with Crippen LogP contribution in [0.3, 0.4) is 0 Å². The van der Waals surface area contributed by atoms with Gasteiger partial charge in [-0.2, -0.15) is 0 Å². The second kappa shape index (κ2) is 5.44. The van der Waals surface area contributed by atoms with Crippen LogP contribution in [-0.4, -0.2) is 22.8 Å². The number of nitrogens with zero attached hydrogens (tertiary/aromatic N) is 1. The summed E-state index contributed by atoms with van der Waals surface area (Å²) in [7, 11) is 0. The summed E-state index contributed by atoms with van der Waals surface area (Å²) < 4.78 is 26.4. The molecule has 1 nitrogen and oxygen atoms in total. The van der Waals surface area contributed by atoms with Crippen molar-refractivity contribution in [3.05, 3.63) is 35.4 Å². The van der Waals surface area contributed by atoms with E-state index in [2.05, 4.69) is 27.8 Å². The smallest absolute Gasteiger partial charge is 0.130 e. The molecular weight excluding hydrogens is 288 g/mol. The van der Waals surface area contributed by atoms with Gasteiger partial charge in [0.15, 0.2) is 0 Å². The highest BCUT2D eigenvalue weighted by molar-refractivity contribution is 9.09. The van der Waals surface area contributed by atoms with Gasteiger partial charge in [0.25, 0.3) is 0 Å². The first kappa shape index (κ1) is 13.0. The third-order valence-electron chi connectivity index (χ3n) is 3.54. The minimum absolute atomic E-state index is 0.444. The summed E-state index contributed by atoms with van der Waals surface area (Å²) in [6, 6.07) is 4.26. The van der Waals surface area contributed by atoms with Gasteiger partial charge in [-0.3, -0.25) is 4.90 Å². The van der Waals surface area contributed by atoms with Gasteiger partial charge in [-0.15, -0.1) is 0 Å². The molecule has 0 spiro atoms. The Morgan fingerprint density at radius 2 is 2.18 bits per heavy atom. The van der Waals surface area contributed by atoms with Gasteiger partial charge in [0.05, 0.1) is 0 Å². The second-order valence-electron chi connectivity index (χ2n) is 4.69. The predicted molar refractivity (Wildman–Crippen MR) is 68.1 cm³/mol. The van der Waals surface area contributed by atoms with Crippen LogP contribution in [0, 0.1) is 17.6 Å². The van der Waals surface area contributed by atoms with E-state index >= 15 is 0 Å². The minimum Gasteiger partial charge on any atom is -0.295 e. The maximum atomic E-state index is 13.6. The molecule has 0 saturated carbocycles. The van der Waals surface area contributed by atoms with Gasteiger partial charge in [0.2, 0.25) is 0 Å².